The Labute approximate surface area is 188 Å². The molecule has 1 aromatic heterocycles. The second kappa shape index (κ2) is 10.4. The van der Waals surface area contributed by atoms with Gasteiger partial charge in [-0.2, -0.15) is 5.10 Å². The number of aromatic hydroxyl groups is 2. The predicted octanol–water partition coefficient (Wildman–Crippen LogP) is 5.69. The normalized spacial score (nSPS) is 11.3. The molecule has 3 rings (SSSR count). The van der Waals surface area contributed by atoms with Gasteiger partial charge in [0.1, 0.15) is 0 Å². The molecule has 3 aromatic rings. The number of allylic oxidation sites excluding steroid dienone is 1. The molecule has 3 N–H and O–H groups in total. The molecule has 0 aliphatic heterocycles. The van der Waals surface area contributed by atoms with Crippen LogP contribution in [0.1, 0.15) is 41.4 Å². The zero-order chi connectivity index (χ0) is 23.1. The third kappa shape index (κ3) is 5.82. The van der Waals surface area contributed by atoms with Crippen molar-refractivity contribution in [2.24, 2.45) is 0 Å². The van der Waals surface area contributed by atoms with E-state index >= 15 is 0 Å². The smallest absolute Gasteiger partial charge is 0.161 e. The number of rotatable bonds is 9. The number of phenols is 2. The van der Waals surface area contributed by atoms with E-state index in [9.17, 15) is 10.2 Å². The molecule has 6 nitrogen and oxygen atoms in total. The van der Waals surface area contributed by atoms with E-state index in [1.807, 2.05) is 43.4 Å². The molecule has 0 radical (unpaired) electrons. The fraction of sp³-hybridized carbons (Fsp3) is 0.192. The third-order valence-electron chi connectivity index (χ3n) is 4.94. The van der Waals surface area contributed by atoms with Crippen molar-refractivity contribution >= 4 is 24.3 Å². The zero-order valence-corrected chi connectivity index (χ0v) is 18.6. The molecule has 6 heteroatoms. The Bertz CT molecular complexity index is 1160. The highest BCUT2D eigenvalue weighted by molar-refractivity contribution is 5.73. The Kier molecular flexibility index (Phi) is 7.39. The van der Waals surface area contributed by atoms with Crippen molar-refractivity contribution in [1.82, 2.24) is 10.2 Å². The topological polar surface area (TPSA) is 87.6 Å². The number of nitrogens with one attached hydrogen (secondary N) is 1. The van der Waals surface area contributed by atoms with Gasteiger partial charge in [-0.1, -0.05) is 23.8 Å². The summed E-state index contributed by atoms with van der Waals surface area (Å²) in [4.78, 5) is 0. The summed E-state index contributed by atoms with van der Waals surface area (Å²) in [6.45, 7) is 5.90. The van der Waals surface area contributed by atoms with Crippen LogP contribution in [0, 0.1) is 0 Å². The number of aromatic amines is 1. The molecule has 0 aliphatic carbocycles. The van der Waals surface area contributed by atoms with E-state index in [0.29, 0.717) is 17.9 Å². The molecule has 0 aliphatic rings. The first kappa shape index (κ1) is 22.7. The van der Waals surface area contributed by atoms with Gasteiger partial charge in [-0.25, -0.2) is 0 Å². The summed E-state index contributed by atoms with van der Waals surface area (Å²) in [6, 6.07) is 10.8. The fourth-order valence-corrected chi connectivity index (χ4v) is 3.17. The van der Waals surface area contributed by atoms with Gasteiger partial charge in [0.15, 0.2) is 23.0 Å². The lowest BCUT2D eigenvalue weighted by Crippen LogP contribution is -1.93. The van der Waals surface area contributed by atoms with E-state index in [0.717, 1.165) is 40.1 Å². The summed E-state index contributed by atoms with van der Waals surface area (Å²) < 4.78 is 10.5. The first-order valence-electron chi connectivity index (χ1n) is 10.2. The van der Waals surface area contributed by atoms with E-state index in [4.69, 9.17) is 9.47 Å². The Hall–Kier alpha value is -3.93. The molecule has 0 fully saturated rings. The maximum atomic E-state index is 10.4. The highest BCUT2D eigenvalue weighted by atomic mass is 16.5. The summed E-state index contributed by atoms with van der Waals surface area (Å²) >= 11 is 0. The van der Waals surface area contributed by atoms with Gasteiger partial charge >= 0.3 is 0 Å². The summed E-state index contributed by atoms with van der Waals surface area (Å²) in [5.74, 6) is 1.14. The number of aryl methyl sites for hydroxylation is 1. The Morgan fingerprint density at radius 3 is 2.41 bits per heavy atom. The molecule has 0 saturated heterocycles. The molecule has 0 bridgehead atoms. The first-order valence-corrected chi connectivity index (χ1v) is 10.2. The second-order valence-electron chi connectivity index (χ2n) is 7.53. The van der Waals surface area contributed by atoms with Crippen molar-refractivity contribution in [1.29, 1.82) is 0 Å². The number of H-pyrrole nitrogens is 1. The molecule has 0 amide bonds. The van der Waals surface area contributed by atoms with Crippen LogP contribution in [0.3, 0.4) is 0 Å². The molecule has 0 unspecified atom stereocenters. The van der Waals surface area contributed by atoms with Crippen LogP contribution in [0.5, 0.6) is 23.0 Å². The minimum absolute atomic E-state index is 0.104. The van der Waals surface area contributed by atoms with E-state index < -0.39 is 0 Å². The van der Waals surface area contributed by atoms with Crippen LogP contribution in [0.15, 0.2) is 48.6 Å². The molecular weight excluding hydrogens is 404 g/mol. The summed E-state index contributed by atoms with van der Waals surface area (Å²) in [5.41, 5.74) is 5.29. The molecule has 0 atom stereocenters. The first-order chi connectivity index (χ1) is 15.4. The van der Waals surface area contributed by atoms with Gasteiger partial charge in [0, 0.05) is 0 Å². The van der Waals surface area contributed by atoms with Crippen LogP contribution in [-0.2, 0) is 6.42 Å². The minimum atomic E-state index is 0.104. The summed E-state index contributed by atoms with van der Waals surface area (Å²) in [7, 11) is 3.06. The van der Waals surface area contributed by atoms with Gasteiger partial charge in [0.2, 0.25) is 0 Å². The summed E-state index contributed by atoms with van der Waals surface area (Å²) in [6.07, 6.45) is 9.12. The minimum Gasteiger partial charge on any atom is -0.504 e. The van der Waals surface area contributed by atoms with Crippen LogP contribution in [0.4, 0.5) is 0 Å². The highest BCUT2D eigenvalue weighted by Crippen LogP contribution is 2.33. The molecule has 1 heterocycles. The van der Waals surface area contributed by atoms with Crippen molar-refractivity contribution in [2.75, 3.05) is 14.2 Å². The van der Waals surface area contributed by atoms with Crippen molar-refractivity contribution < 1.29 is 19.7 Å². The van der Waals surface area contributed by atoms with Gasteiger partial charge in [0.05, 0.1) is 25.6 Å². The number of benzene rings is 2. The van der Waals surface area contributed by atoms with Crippen molar-refractivity contribution in [3.63, 3.8) is 0 Å². The van der Waals surface area contributed by atoms with E-state index in [-0.39, 0.29) is 11.5 Å². The lowest BCUT2D eigenvalue weighted by Gasteiger charge is -2.11. The van der Waals surface area contributed by atoms with Gasteiger partial charge in [0.25, 0.3) is 0 Å². The van der Waals surface area contributed by atoms with E-state index in [2.05, 4.69) is 16.8 Å². The third-order valence-corrected chi connectivity index (χ3v) is 4.94. The average Bonchev–Trinajstić information content (AvgIpc) is 3.24. The van der Waals surface area contributed by atoms with Crippen LogP contribution >= 0.6 is 0 Å². The van der Waals surface area contributed by atoms with Crippen LogP contribution in [0.2, 0.25) is 0 Å². The summed E-state index contributed by atoms with van der Waals surface area (Å²) in [5, 5.41) is 27.4. The quantitative estimate of drug-likeness (QED) is 0.378. The zero-order valence-electron chi connectivity index (χ0n) is 18.6. The van der Waals surface area contributed by atoms with Crippen molar-refractivity contribution in [3.05, 3.63) is 76.6 Å². The lowest BCUT2D eigenvalue weighted by molar-refractivity contribution is 0.370. The Balaban J connectivity index is 1.75. The molecular formula is C26H28N2O4. The predicted molar refractivity (Wildman–Crippen MR) is 129 cm³/mol. The Morgan fingerprint density at radius 1 is 0.969 bits per heavy atom. The van der Waals surface area contributed by atoms with Gasteiger partial charge in [-0.05, 0) is 78.9 Å². The fourth-order valence-electron chi connectivity index (χ4n) is 3.17. The number of phenolic OH excluding ortho intramolecular Hbond substituents is 2. The largest absolute Gasteiger partial charge is 0.504 e. The van der Waals surface area contributed by atoms with E-state index in [1.165, 1.54) is 7.11 Å². The molecule has 0 saturated carbocycles. The SMILES string of the molecule is C=C(C)CCc1cc(/C=C/c2cc(/C=C/c3ccc(O)c(OC)c3)[nH]n2)cc(OC)c1O. The second-order valence-corrected chi connectivity index (χ2v) is 7.53. The van der Waals surface area contributed by atoms with Gasteiger partial charge in [-0.15, -0.1) is 6.58 Å². The van der Waals surface area contributed by atoms with E-state index in [1.54, 1.807) is 31.4 Å². The number of ether oxygens (including phenoxy) is 2. The van der Waals surface area contributed by atoms with Crippen molar-refractivity contribution in [3.8, 4) is 23.0 Å². The molecule has 0 spiro atoms. The Morgan fingerprint density at radius 2 is 1.69 bits per heavy atom. The number of hydrogen-bond acceptors (Lipinski definition) is 5. The molecule has 166 valence electrons. The maximum Gasteiger partial charge on any atom is 0.161 e. The van der Waals surface area contributed by atoms with Gasteiger partial charge < -0.3 is 19.7 Å². The maximum absolute atomic E-state index is 10.4. The highest BCUT2D eigenvalue weighted by Gasteiger charge is 2.10. The number of nitrogens with zero attached hydrogens (tertiary/aromatic N) is 1. The number of hydrogen-bond donors (Lipinski definition) is 3. The monoisotopic (exact) mass is 432 g/mol. The van der Waals surface area contributed by atoms with Crippen LogP contribution in [0.25, 0.3) is 24.3 Å². The van der Waals surface area contributed by atoms with Crippen molar-refractivity contribution in [2.45, 2.75) is 19.8 Å². The lowest BCUT2D eigenvalue weighted by atomic mass is 10.0. The van der Waals surface area contributed by atoms with Crippen LogP contribution < -0.4 is 9.47 Å². The van der Waals surface area contributed by atoms with Gasteiger partial charge in [-0.3, -0.25) is 5.10 Å². The standard InChI is InChI=1S/C26H28N2O4/c1-17(2)5-9-20-13-19(15-25(32-4)26(20)30)7-11-22-16-21(27-28-22)10-6-18-8-12-23(29)24(14-18)31-3/h6-8,10-16,29-30H,1,5,9H2,2-4H3,(H,27,28)/b10-6+,11-7+. The number of aromatic nitrogens is 2. The molecule has 32 heavy (non-hydrogen) atoms. The van der Waals surface area contributed by atoms with Crippen LogP contribution in [-0.4, -0.2) is 34.6 Å². The average molecular weight is 433 g/mol. The molecule has 2 aromatic carbocycles. The number of methoxy groups -OCH3 is 2.